The fourth-order valence-corrected chi connectivity index (χ4v) is 4.61. The minimum absolute atomic E-state index is 0.0934. The number of aliphatic hydroxyl groups excluding tert-OH is 2. The fourth-order valence-electron chi connectivity index (χ4n) is 3.74. The molecule has 1 aliphatic rings. The number of amides is 2. The molecule has 0 bridgehead atoms. The van der Waals surface area contributed by atoms with Gasteiger partial charge in [-0.1, -0.05) is 11.3 Å². The lowest BCUT2D eigenvalue weighted by Gasteiger charge is -2.40. The van der Waals surface area contributed by atoms with Crippen molar-refractivity contribution in [1.82, 2.24) is 14.9 Å². The summed E-state index contributed by atoms with van der Waals surface area (Å²) in [6, 6.07) is 2.61. The van der Waals surface area contributed by atoms with Gasteiger partial charge in [0, 0.05) is 44.4 Å². The van der Waals surface area contributed by atoms with Gasteiger partial charge in [-0.3, -0.25) is 5.32 Å². The van der Waals surface area contributed by atoms with Gasteiger partial charge in [0.2, 0.25) is 0 Å². The van der Waals surface area contributed by atoms with Crippen LogP contribution in [0, 0.1) is 17.5 Å². The van der Waals surface area contributed by atoms with E-state index in [2.05, 4.69) is 15.3 Å². The van der Waals surface area contributed by atoms with Crippen molar-refractivity contribution >= 4 is 38.5 Å². The molecule has 1 fully saturated rings. The Labute approximate surface area is 191 Å². The summed E-state index contributed by atoms with van der Waals surface area (Å²) in [5.74, 6) is -2.38. The van der Waals surface area contributed by atoms with Gasteiger partial charge in [0.05, 0.1) is 22.9 Å². The van der Waals surface area contributed by atoms with Crippen LogP contribution < -0.4 is 10.2 Å². The highest BCUT2D eigenvalue weighted by molar-refractivity contribution is 7.22. The van der Waals surface area contributed by atoms with Crippen LogP contribution in [0.1, 0.15) is 12.5 Å². The van der Waals surface area contributed by atoms with E-state index >= 15 is 0 Å². The Kier molecular flexibility index (Phi) is 6.68. The molecule has 2 atom stereocenters. The second-order valence-electron chi connectivity index (χ2n) is 7.86. The maximum Gasteiger partial charge on any atom is 0.324 e. The van der Waals surface area contributed by atoms with Crippen LogP contribution in [0.4, 0.5) is 28.9 Å². The highest BCUT2D eigenvalue weighted by Crippen LogP contribution is 2.28. The van der Waals surface area contributed by atoms with Crippen molar-refractivity contribution in [2.24, 2.45) is 0 Å². The van der Waals surface area contributed by atoms with Crippen molar-refractivity contribution in [3.63, 3.8) is 0 Å². The number of hydrogen-bond acceptors (Lipinski definition) is 7. The van der Waals surface area contributed by atoms with Gasteiger partial charge in [-0.2, -0.15) is 0 Å². The molecule has 0 saturated carbocycles. The first-order valence-corrected chi connectivity index (χ1v) is 11.1. The number of anilines is 2. The summed E-state index contributed by atoms with van der Waals surface area (Å²) in [5, 5.41) is 21.3. The third-order valence-corrected chi connectivity index (χ3v) is 6.33. The Morgan fingerprint density at radius 2 is 2.00 bits per heavy atom. The molecule has 3 aromatic rings. The highest BCUT2D eigenvalue weighted by Gasteiger charge is 2.30. The van der Waals surface area contributed by atoms with E-state index in [1.54, 1.807) is 9.80 Å². The highest BCUT2D eigenvalue weighted by atomic mass is 32.1. The molecule has 0 aliphatic carbocycles. The van der Waals surface area contributed by atoms with Crippen LogP contribution in [-0.2, 0) is 6.42 Å². The number of piperazine rings is 1. The maximum atomic E-state index is 14.6. The van der Waals surface area contributed by atoms with E-state index in [1.807, 2.05) is 6.92 Å². The SMILES string of the molecule is C[C@H]1CN(c2ncc(C[C@@H](O)CO)cc2F)CCN1C(=O)Nc1nc2cc(F)c(F)cc2s1. The molecule has 2 aromatic heterocycles. The maximum absolute atomic E-state index is 14.6. The first-order chi connectivity index (χ1) is 15.7. The van der Waals surface area contributed by atoms with Crippen LogP contribution in [0.15, 0.2) is 24.4 Å². The summed E-state index contributed by atoms with van der Waals surface area (Å²) in [4.78, 5) is 24.4. The van der Waals surface area contributed by atoms with Crippen molar-refractivity contribution in [3.05, 3.63) is 47.4 Å². The summed E-state index contributed by atoms with van der Waals surface area (Å²) in [5.41, 5.74) is 0.725. The number of carbonyl (C=O) groups excluding carboxylic acids is 1. The third-order valence-electron chi connectivity index (χ3n) is 5.39. The summed E-state index contributed by atoms with van der Waals surface area (Å²) in [6.45, 7) is 2.38. The first kappa shape index (κ1) is 23.2. The number of nitrogens with one attached hydrogen (secondary N) is 1. The molecule has 1 aliphatic heterocycles. The molecule has 3 N–H and O–H groups in total. The van der Waals surface area contributed by atoms with Crippen LogP contribution in [-0.4, -0.2) is 69.5 Å². The Morgan fingerprint density at radius 3 is 2.70 bits per heavy atom. The molecule has 2 amide bonds. The number of halogens is 3. The van der Waals surface area contributed by atoms with Crippen LogP contribution >= 0.6 is 11.3 Å². The van der Waals surface area contributed by atoms with Crippen LogP contribution in [0.2, 0.25) is 0 Å². The van der Waals surface area contributed by atoms with Crippen molar-refractivity contribution in [1.29, 1.82) is 0 Å². The summed E-state index contributed by atoms with van der Waals surface area (Å²) in [6.07, 6.45) is 0.572. The molecule has 3 heterocycles. The molecule has 0 radical (unpaired) electrons. The molecule has 0 unspecified atom stereocenters. The number of fused-ring (bicyclic) bond motifs is 1. The monoisotopic (exact) mass is 481 g/mol. The van der Waals surface area contributed by atoms with E-state index < -0.39 is 36.2 Å². The van der Waals surface area contributed by atoms with Crippen LogP contribution in [0.3, 0.4) is 0 Å². The standard InChI is InChI=1S/C21H22F3N5O3S/c1-11-9-28(19-16(24)5-12(8-25-19)4-13(31)10-30)2-3-29(11)21(32)27-20-26-17-6-14(22)15(23)7-18(17)33-20/h5-8,11,13,30-31H,2-4,9-10H2,1H3,(H,26,27,32)/t11-,13+/m0/s1. The number of carbonyl (C=O) groups is 1. The Hall–Kier alpha value is -2.96. The number of benzene rings is 1. The predicted molar refractivity (Wildman–Crippen MR) is 118 cm³/mol. The molecule has 4 rings (SSSR count). The van der Waals surface area contributed by atoms with Crippen molar-refractivity contribution in [2.75, 3.05) is 36.5 Å². The topological polar surface area (TPSA) is 102 Å². The molecule has 33 heavy (non-hydrogen) atoms. The second kappa shape index (κ2) is 9.49. The molecular formula is C21H22F3N5O3S. The van der Waals surface area contributed by atoms with Gasteiger partial charge in [0.15, 0.2) is 28.4 Å². The third kappa shape index (κ3) is 5.02. The minimum atomic E-state index is -1.01. The van der Waals surface area contributed by atoms with Crippen molar-refractivity contribution in [3.8, 4) is 0 Å². The number of aliphatic hydroxyl groups is 2. The summed E-state index contributed by atoms with van der Waals surface area (Å²) in [7, 11) is 0. The quantitative estimate of drug-likeness (QED) is 0.518. The number of thiazole rings is 1. The number of pyridine rings is 1. The largest absolute Gasteiger partial charge is 0.394 e. The van der Waals surface area contributed by atoms with Gasteiger partial charge in [-0.05, 0) is 24.6 Å². The smallest absolute Gasteiger partial charge is 0.324 e. The predicted octanol–water partition coefficient (Wildman–Crippen LogP) is 2.75. The van der Waals surface area contributed by atoms with Gasteiger partial charge in [-0.15, -0.1) is 0 Å². The molecule has 12 heteroatoms. The number of rotatable bonds is 5. The van der Waals surface area contributed by atoms with Gasteiger partial charge in [-0.25, -0.2) is 27.9 Å². The van der Waals surface area contributed by atoms with Gasteiger partial charge < -0.3 is 20.0 Å². The normalized spacial score (nSPS) is 17.5. The fraction of sp³-hybridized carbons (Fsp3) is 0.381. The number of urea groups is 1. The summed E-state index contributed by atoms with van der Waals surface area (Å²) >= 11 is 1.04. The summed E-state index contributed by atoms with van der Waals surface area (Å²) < 4.78 is 41.8. The first-order valence-electron chi connectivity index (χ1n) is 10.3. The van der Waals surface area contributed by atoms with E-state index in [1.165, 1.54) is 12.3 Å². The zero-order chi connectivity index (χ0) is 23.7. The van der Waals surface area contributed by atoms with E-state index in [4.69, 9.17) is 5.11 Å². The lowest BCUT2D eigenvalue weighted by molar-refractivity contribution is 0.0954. The molecule has 0 spiro atoms. The van der Waals surface area contributed by atoms with E-state index in [0.717, 1.165) is 23.5 Å². The molecule has 1 aromatic carbocycles. The Balaban J connectivity index is 1.40. The van der Waals surface area contributed by atoms with Crippen LogP contribution in [0.5, 0.6) is 0 Å². The number of hydrogen-bond donors (Lipinski definition) is 3. The van der Waals surface area contributed by atoms with E-state index in [0.29, 0.717) is 29.9 Å². The zero-order valence-corrected chi connectivity index (χ0v) is 18.4. The Bertz CT molecular complexity index is 1140. The van der Waals surface area contributed by atoms with Crippen molar-refractivity contribution in [2.45, 2.75) is 25.5 Å². The van der Waals surface area contributed by atoms with Crippen LogP contribution in [0.25, 0.3) is 10.2 Å². The molecule has 1 saturated heterocycles. The molecular weight excluding hydrogens is 459 g/mol. The number of nitrogens with zero attached hydrogens (tertiary/aromatic N) is 4. The minimum Gasteiger partial charge on any atom is -0.394 e. The van der Waals surface area contributed by atoms with E-state index in [9.17, 15) is 23.1 Å². The Morgan fingerprint density at radius 1 is 1.24 bits per heavy atom. The van der Waals surface area contributed by atoms with Gasteiger partial charge in [0.25, 0.3) is 0 Å². The lowest BCUT2D eigenvalue weighted by Crippen LogP contribution is -2.55. The molecule has 8 nitrogen and oxygen atoms in total. The number of aromatic nitrogens is 2. The lowest BCUT2D eigenvalue weighted by atomic mass is 10.1. The van der Waals surface area contributed by atoms with E-state index in [-0.39, 0.29) is 28.9 Å². The zero-order valence-electron chi connectivity index (χ0n) is 17.6. The van der Waals surface area contributed by atoms with Gasteiger partial charge >= 0.3 is 6.03 Å². The second-order valence-corrected chi connectivity index (χ2v) is 8.89. The van der Waals surface area contributed by atoms with Gasteiger partial charge in [0.1, 0.15) is 0 Å². The average molecular weight is 482 g/mol. The molecule has 176 valence electrons. The van der Waals surface area contributed by atoms with Crippen molar-refractivity contribution < 1.29 is 28.2 Å². The average Bonchev–Trinajstić information content (AvgIpc) is 3.14.